The lowest BCUT2D eigenvalue weighted by Crippen LogP contribution is -2.27. The molecule has 0 saturated carbocycles. The molecule has 1 amide bonds. The van der Waals surface area contributed by atoms with Crippen LogP contribution in [-0.2, 0) is 18.4 Å². The van der Waals surface area contributed by atoms with Crippen LogP contribution in [0.1, 0.15) is 0 Å². The van der Waals surface area contributed by atoms with Gasteiger partial charge in [0.1, 0.15) is 6.54 Å². The molecule has 4 aromatic rings. The van der Waals surface area contributed by atoms with Crippen molar-refractivity contribution in [3.05, 3.63) is 63.6 Å². The summed E-state index contributed by atoms with van der Waals surface area (Å²) in [6.07, 6.45) is 1.37. The van der Waals surface area contributed by atoms with Crippen molar-refractivity contribution in [2.45, 2.75) is 6.54 Å². The first-order valence-corrected chi connectivity index (χ1v) is 9.08. The molecule has 28 heavy (non-hydrogen) atoms. The number of aromatic nitrogens is 6. The van der Waals surface area contributed by atoms with Crippen molar-refractivity contribution < 1.29 is 4.79 Å². The van der Waals surface area contributed by atoms with Gasteiger partial charge in [-0.3, -0.25) is 14.2 Å². The molecule has 0 aliphatic carbocycles. The summed E-state index contributed by atoms with van der Waals surface area (Å²) >= 11 is 3.34. The van der Waals surface area contributed by atoms with Gasteiger partial charge in [-0.2, -0.15) is 0 Å². The molecule has 10 heteroatoms. The third-order valence-corrected chi connectivity index (χ3v) is 4.62. The lowest BCUT2D eigenvalue weighted by molar-refractivity contribution is -0.116. The molecular formula is C18H14BrN7O2. The van der Waals surface area contributed by atoms with Gasteiger partial charge in [-0.25, -0.2) is 9.67 Å². The summed E-state index contributed by atoms with van der Waals surface area (Å²) in [4.78, 5) is 29.3. The molecule has 0 bridgehead atoms. The fourth-order valence-electron chi connectivity index (χ4n) is 2.81. The smallest absolute Gasteiger partial charge is 0.261 e. The zero-order valence-electron chi connectivity index (χ0n) is 14.7. The minimum atomic E-state index is -0.341. The number of nitrogens with zero attached hydrogens (tertiary/aromatic N) is 6. The van der Waals surface area contributed by atoms with Crippen LogP contribution < -0.4 is 10.9 Å². The van der Waals surface area contributed by atoms with E-state index in [1.54, 1.807) is 42.1 Å². The molecule has 2 heterocycles. The predicted octanol–water partition coefficient (Wildman–Crippen LogP) is 1.99. The first-order chi connectivity index (χ1) is 13.5. The van der Waals surface area contributed by atoms with Crippen LogP contribution in [0.5, 0.6) is 0 Å². The van der Waals surface area contributed by atoms with Gasteiger partial charge in [-0.1, -0.05) is 28.1 Å². The third kappa shape index (κ3) is 3.54. The van der Waals surface area contributed by atoms with E-state index in [0.717, 1.165) is 10.0 Å². The second-order valence-corrected chi connectivity index (χ2v) is 7.01. The molecule has 0 fully saturated rings. The average Bonchev–Trinajstić information content (AvgIpc) is 3.10. The molecule has 4 rings (SSSR count). The topological polar surface area (TPSA) is 108 Å². The fraction of sp³-hybridized carbons (Fsp3) is 0.111. The van der Waals surface area contributed by atoms with E-state index in [2.05, 4.69) is 41.8 Å². The quantitative estimate of drug-likeness (QED) is 0.520. The third-order valence-electron chi connectivity index (χ3n) is 4.12. The number of nitrogens with one attached hydrogen (secondary N) is 1. The SMILES string of the molecule is Cn1nnnc1-c1cccc(NC(=O)Cn2cnc3ccc(Br)cc3c2=O)c1. The predicted molar refractivity (Wildman–Crippen MR) is 107 cm³/mol. The van der Waals surface area contributed by atoms with Crippen molar-refractivity contribution in [1.82, 2.24) is 29.8 Å². The number of hydrogen-bond donors (Lipinski definition) is 1. The summed E-state index contributed by atoms with van der Waals surface area (Å²) < 4.78 is 3.59. The number of anilines is 1. The fourth-order valence-corrected chi connectivity index (χ4v) is 3.17. The highest BCUT2D eigenvalue weighted by atomic mass is 79.9. The van der Waals surface area contributed by atoms with E-state index in [9.17, 15) is 9.59 Å². The highest BCUT2D eigenvalue weighted by Gasteiger charge is 2.11. The van der Waals surface area contributed by atoms with Crippen LogP contribution in [0, 0.1) is 0 Å². The van der Waals surface area contributed by atoms with Gasteiger partial charge in [-0.05, 0) is 40.8 Å². The molecule has 2 aromatic heterocycles. The van der Waals surface area contributed by atoms with Crippen molar-refractivity contribution in [3.8, 4) is 11.4 Å². The Balaban J connectivity index is 1.55. The van der Waals surface area contributed by atoms with Crippen LogP contribution in [0.25, 0.3) is 22.3 Å². The first-order valence-electron chi connectivity index (χ1n) is 8.28. The van der Waals surface area contributed by atoms with E-state index in [1.807, 2.05) is 12.1 Å². The maximum absolute atomic E-state index is 12.6. The van der Waals surface area contributed by atoms with E-state index >= 15 is 0 Å². The number of benzene rings is 2. The van der Waals surface area contributed by atoms with Crippen LogP contribution in [0.3, 0.4) is 0 Å². The van der Waals surface area contributed by atoms with E-state index in [1.165, 1.54) is 10.9 Å². The Morgan fingerprint density at radius 3 is 2.86 bits per heavy atom. The molecule has 9 nitrogen and oxygen atoms in total. The molecule has 0 radical (unpaired) electrons. The van der Waals surface area contributed by atoms with Gasteiger partial charge < -0.3 is 5.32 Å². The molecular weight excluding hydrogens is 426 g/mol. The highest BCUT2D eigenvalue weighted by molar-refractivity contribution is 9.10. The zero-order chi connectivity index (χ0) is 19.7. The molecule has 2 aromatic carbocycles. The molecule has 0 unspecified atom stereocenters. The summed E-state index contributed by atoms with van der Waals surface area (Å²) in [6, 6.07) is 12.4. The normalized spacial score (nSPS) is 10.9. The summed E-state index contributed by atoms with van der Waals surface area (Å²) in [5, 5.41) is 14.6. The van der Waals surface area contributed by atoms with Gasteiger partial charge in [0, 0.05) is 22.8 Å². The summed E-state index contributed by atoms with van der Waals surface area (Å²) in [7, 11) is 1.73. The minimum Gasteiger partial charge on any atom is -0.325 e. The molecule has 0 aliphatic rings. The van der Waals surface area contributed by atoms with E-state index in [4.69, 9.17) is 0 Å². The van der Waals surface area contributed by atoms with Gasteiger partial charge in [0.15, 0.2) is 5.82 Å². The van der Waals surface area contributed by atoms with Crippen molar-refractivity contribution in [2.24, 2.45) is 7.05 Å². The molecule has 0 aliphatic heterocycles. The number of tetrazole rings is 1. The van der Waals surface area contributed by atoms with Gasteiger partial charge >= 0.3 is 0 Å². The number of aryl methyl sites for hydroxylation is 1. The largest absolute Gasteiger partial charge is 0.325 e. The van der Waals surface area contributed by atoms with Crippen LogP contribution in [-0.4, -0.2) is 35.7 Å². The second-order valence-electron chi connectivity index (χ2n) is 6.09. The molecule has 0 saturated heterocycles. The Labute approximate surface area is 167 Å². The number of carbonyl (C=O) groups is 1. The van der Waals surface area contributed by atoms with Gasteiger partial charge in [0.25, 0.3) is 5.56 Å². The van der Waals surface area contributed by atoms with Gasteiger partial charge in [0.2, 0.25) is 5.91 Å². The average molecular weight is 440 g/mol. The number of amides is 1. The van der Waals surface area contributed by atoms with Gasteiger partial charge in [0.05, 0.1) is 17.2 Å². The summed E-state index contributed by atoms with van der Waals surface area (Å²) in [5.74, 6) is 0.239. The van der Waals surface area contributed by atoms with Gasteiger partial charge in [-0.15, -0.1) is 5.10 Å². The van der Waals surface area contributed by atoms with E-state index in [0.29, 0.717) is 22.4 Å². The molecule has 1 N–H and O–H groups in total. The Hall–Kier alpha value is -3.40. The summed E-state index contributed by atoms with van der Waals surface area (Å²) in [6.45, 7) is -0.149. The van der Waals surface area contributed by atoms with Crippen LogP contribution >= 0.6 is 15.9 Å². The highest BCUT2D eigenvalue weighted by Crippen LogP contribution is 2.19. The van der Waals surface area contributed by atoms with Crippen molar-refractivity contribution >= 4 is 38.4 Å². The molecule has 140 valence electrons. The maximum atomic E-state index is 12.6. The Morgan fingerprint density at radius 2 is 2.07 bits per heavy atom. The van der Waals surface area contributed by atoms with E-state index < -0.39 is 0 Å². The van der Waals surface area contributed by atoms with Crippen molar-refractivity contribution in [2.75, 3.05) is 5.32 Å². The summed E-state index contributed by atoms with van der Waals surface area (Å²) in [5.41, 5.74) is 1.64. The monoisotopic (exact) mass is 439 g/mol. The van der Waals surface area contributed by atoms with Crippen LogP contribution in [0.15, 0.2) is 58.1 Å². The lowest BCUT2D eigenvalue weighted by Gasteiger charge is -2.09. The number of hydrogen-bond acceptors (Lipinski definition) is 6. The van der Waals surface area contributed by atoms with Crippen LogP contribution in [0.2, 0.25) is 0 Å². The first kappa shape index (κ1) is 18.0. The number of rotatable bonds is 4. The maximum Gasteiger partial charge on any atom is 0.261 e. The molecule has 0 spiro atoms. The standard InChI is InChI=1S/C18H14BrN7O2/c1-25-17(22-23-24-25)11-3-2-4-13(7-11)21-16(27)9-26-10-20-15-6-5-12(19)8-14(15)18(26)28/h2-8,10H,9H2,1H3,(H,21,27). The Morgan fingerprint density at radius 1 is 1.21 bits per heavy atom. The Bertz CT molecular complexity index is 1250. The number of fused-ring (bicyclic) bond motifs is 1. The zero-order valence-corrected chi connectivity index (χ0v) is 16.3. The van der Waals surface area contributed by atoms with Crippen molar-refractivity contribution in [1.29, 1.82) is 0 Å². The lowest BCUT2D eigenvalue weighted by atomic mass is 10.2. The number of carbonyl (C=O) groups excluding carboxylic acids is 1. The van der Waals surface area contributed by atoms with Crippen molar-refractivity contribution in [3.63, 3.8) is 0 Å². The van der Waals surface area contributed by atoms with E-state index in [-0.39, 0.29) is 18.0 Å². The second kappa shape index (κ2) is 7.31. The van der Waals surface area contributed by atoms with Crippen LogP contribution in [0.4, 0.5) is 5.69 Å². The number of halogens is 1. The Kier molecular flexibility index (Phi) is 4.70. The minimum absolute atomic E-state index is 0.149. The molecule has 0 atom stereocenters.